The summed E-state index contributed by atoms with van der Waals surface area (Å²) in [5.41, 5.74) is 0.644. The molecule has 2 saturated heterocycles. The summed E-state index contributed by atoms with van der Waals surface area (Å²) in [5, 5.41) is 12.1. The minimum Gasteiger partial charge on any atom is -0.465 e. The number of benzene rings is 3. The fraction of sp³-hybridized carbons (Fsp3) is 0.344. The van der Waals surface area contributed by atoms with Crippen molar-refractivity contribution in [2.24, 2.45) is 0 Å². The number of esters is 1. The Morgan fingerprint density at radius 1 is 0.907 bits per heavy atom. The summed E-state index contributed by atoms with van der Waals surface area (Å²) in [6.07, 6.45) is -0.950. The van der Waals surface area contributed by atoms with Crippen molar-refractivity contribution < 1.29 is 24.2 Å². The number of nitrogens with zero attached hydrogens (tertiary/aromatic N) is 4. The summed E-state index contributed by atoms with van der Waals surface area (Å²) in [5.74, 6) is -1.23. The molecule has 43 heavy (non-hydrogen) atoms. The zero-order valence-corrected chi connectivity index (χ0v) is 25.5. The number of hydrogen-bond acceptors (Lipinski definition) is 7. The molecule has 0 spiro atoms. The lowest BCUT2D eigenvalue weighted by atomic mass is 9.81. The lowest BCUT2D eigenvalue weighted by Crippen LogP contribution is -2.53. The number of imide groups is 1. The highest BCUT2D eigenvalue weighted by Crippen LogP contribution is 2.43. The van der Waals surface area contributed by atoms with Gasteiger partial charge in [-0.15, -0.1) is 12.4 Å². The summed E-state index contributed by atoms with van der Waals surface area (Å²) >= 11 is 6.17. The minimum atomic E-state index is -1.56. The molecule has 0 aliphatic carbocycles. The van der Waals surface area contributed by atoms with Crippen molar-refractivity contribution in [1.29, 1.82) is 0 Å². The normalized spacial score (nSPS) is 17.5. The van der Waals surface area contributed by atoms with E-state index in [4.69, 9.17) is 16.3 Å². The van der Waals surface area contributed by atoms with Gasteiger partial charge in [0.2, 0.25) is 0 Å². The maximum Gasteiger partial charge on any atom is 0.328 e. The lowest BCUT2D eigenvalue weighted by molar-refractivity contribution is -0.147. The van der Waals surface area contributed by atoms with Gasteiger partial charge in [-0.25, -0.2) is 4.79 Å². The van der Waals surface area contributed by atoms with E-state index in [-0.39, 0.29) is 25.6 Å². The van der Waals surface area contributed by atoms with E-state index < -0.39 is 36.1 Å². The summed E-state index contributed by atoms with van der Waals surface area (Å²) < 4.78 is 5.07. The molecular formula is C32H36Cl2N4O5. The highest BCUT2D eigenvalue weighted by Gasteiger charge is 2.60. The summed E-state index contributed by atoms with van der Waals surface area (Å²) in [4.78, 5) is 47.5. The van der Waals surface area contributed by atoms with E-state index >= 15 is 0 Å². The molecular weight excluding hydrogens is 591 g/mol. The van der Waals surface area contributed by atoms with E-state index in [1.165, 1.54) is 4.90 Å². The van der Waals surface area contributed by atoms with Gasteiger partial charge < -0.3 is 14.7 Å². The maximum atomic E-state index is 14.3. The molecule has 2 aliphatic rings. The van der Waals surface area contributed by atoms with Crippen molar-refractivity contribution in [3.63, 3.8) is 0 Å². The topological polar surface area (TPSA) is 93.6 Å². The summed E-state index contributed by atoms with van der Waals surface area (Å²) in [7, 11) is 0. The molecule has 1 atom stereocenters. The predicted octanol–water partition coefficient (Wildman–Crippen LogP) is 4.02. The van der Waals surface area contributed by atoms with E-state index in [0.717, 1.165) is 23.7 Å². The van der Waals surface area contributed by atoms with Crippen LogP contribution in [0.1, 0.15) is 18.1 Å². The predicted molar refractivity (Wildman–Crippen MR) is 167 cm³/mol. The Morgan fingerprint density at radius 3 is 2.07 bits per heavy atom. The Morgan fingerprint density at radius 2 is 1.51 bits per heavy atom. The van der Waals surface area contributed by atoms with Gasteiger partial charge in [0.25, 0.3) is 5.91 Å². The first-order chi connectivity index (χ1) is 20.3. The third-order valence-corrected chi connectivity index (χ3v) is 8.04. The largest absolute Gasteiger partial charge is 0.465 e. The molecule has 2 heterocycles. The number of rotatable bonds is 10. The monoisotopic (exact) mass is 626 g/mol. The number of hydrogen-bond donors (Lipinski definition) is 1. The van der Waals surface area contributed by atoms with Crippen LogP contribution in [0.5, 0.6) is 0 Å². The molecule has 228 valence electrons. The van der Waals surface area contributed by atoms with Gasteiger partial charge in [-0.1, -0.05) is 78.3 Å². The maximum absolute atomic E-state index is 14.3. The lowest BCUT2D eigenvalue weighted by Gasteiger charge is -2.39. The minimum absolute atomic E-state index is 0. The van der Waals surface area contributed by atoms with E-state index in [9.17, 15) is 19.5 Å². The first kappa shape index (κ1) is 32.3. The highest BCUT2D eigenvalue weighted by atomic mass is 35.5. The fourth-order valence-corrected chi connectivity index (χ4v) is 6.07. The van der Waals surface area contributed by atoms with Crippen LogP contribution in [0.15, 0.2) is 84.9 Å². The average molecular weight is 628 g/mol. The van der Waals surface area contributed by atoms with Crippen LogP contribution in [0, 0.1) is 0 Å². The Bertz CT molecular complexity index is 1360. The molecule has 2 fully saturated rings. The van der Waals surface area contributed by atoms with Crippen LogP contribution in [0.25, 0.3) is 0 Å². The van der Waals surface area contributed by atoms with Gasteiger partial charge >= 0.3 is 12.0 Å². The van der Waals surface area contributed by atoms with E-state index in [1.54, 1.807) is 55.5 Å². The van der Waals surface area contributed by atoms with Gasteiger partial charge in [0.1, 0.15) is 6.54 Å². The first-order valence-electron chi connectivity index (χ1n) is 14.2. The van der Waals surface area contributed by atoms with Gasteiger partial charge in [0.05, 0.1) is 19.3 Å². The molecule has 5 rings (SSSR count). The van der Waals surface area contributed by atoms with Crippen molar-refractivity contribution in [2.75, 3.05) is 57.3 Å². The number of β-amino-alcohol motifs (C(OH)–C–C–N with tert-alkyl or cyclic N) is 1. The number of anilines is 1. The third kappa shape index (κ3) is 6.65. The van der Waals surface area contributed by atoms with E-state index in [2.05, 4.69) is 9.80 Å². The van der Waals surface area contributed by atoms with E-state index in [0.29, 0.717) is 35.8 Å². The molecule has 3 amide bonds. The van der Waals surface area contributed by atoms with Gasteiger partial charge in [-0.3, -0.25) is 24.3 Å². The molecule has 1 N–H and O–H groups in total. The van der Waals surface area contributed by atoms with Crippen molar-refractivity contribution in [2.45, 2.75) is 18.6 Å². The van der Waals surface area contributed by atoms with Crippen molar-refractivity contribution >= 4 is 47.6 Å². The van der Waals surface area contributed by atoms with Crippen molar-refractivity contribution in [3.8, 4) is 0 Å². The summed E-state index contributed by atoms with van der Waals surface area (Å²) in [6, 6.07) is 25.2. The summed E-state index contributed by atoms with van der Waals surface area (Å²) in [6.45, 7) is 4.46. The van der Waals surface area contributed by atoms with Crippen LogP contribution in [0.2, 0.25) is 5.02 Å². The fourth-order valence-electron chi connectivity index (χ4n) is 5.89. The number of ether oxygens (including phenoxy) is 1. The SMILES string of the molecule is CCOC(=O)CN1C(=O)N(CC(O)CN2CCN(c3cccc(Cl)c3)CC2)C(c2ccccc2)(c2ccccc2)C1=O.Cl. The van der Waals surface area contributed by atoms with Gasteiger partial charge in [-0.2, -0.15) is 0 Å². The van der Waals surface area contributed by atoms with E-state index in [1.807, 2.05) is 36.4 Å². The standard InChI is InChI=1S/C32H35ClN4O5.ClH/c1-2-42-29(39)23-36-30(40)32(24-10-5-3-6-11-24,25-12-7-4-8-13-25)37(31(36)41)22-28(38)21-34-16-18-35(19-17-34)27-15-9-14-26(33)20-27;/h3-15,20,28,38H,2,16-19,21-23H2,1H3;1H. The first-order valence-corrected chi connectivity index (χ1v) is 14.5. The third-order valence-electron chi connectivity index (χ3n) is 7.80. The van der Waals surface area contributed by atoms with Gasteiger partial charge in [0, 0.05) is 43.4 Å². The van der Waals surface area contributed by atoms with Crippen LogP contribution in [0.3, 0.4) is 0 Å². The number of urea groups is 1. The van der Waals surface area contributed by atoms with Crippen molar-refractivity contribution in [3.05, 3.63) is 101 Å². The van der Waals surface area contributed by atoms with Gasteiger partial charge in [0.15, 0.2) is 5.54 Å². The zero-order valence-electron chi connectivity index (χ0n) is 24.0. The van der Waals surface area contributed by atoms with Crippen LogP contribution < -0.4 is 4.90 Å². The molecule has 0 saturated carbocycles. The average Bonchev–Trinajstić information content (AvgIpc) is 3.20. The number of aliphatic hydroxyl groups excluding tert-OH is 1. The number of piperazine rings is 1. The Kier molecular flexibility index (Phi) is 10.7. The van der Waals surface area contributed by atoms with Crippen LogP contribution in [0.4, 0.5) is 10.5 Å². The number of amides is 3. The molecule has 9 nitrogen and oxygen atoms in total. The number of aliphatic hydroxyl groups is 1. The number of carbonyl (C=O) groups excluding carboxylic acids is 3. The molecule has 0 radical (unpaired) electrons. The zero-order chi connectivity index (χ0) is 29.7. The van der Waals surface area contributed by atoms with Crippen LogP contribution >= 0.6 is 24.0 Å². The Hall–Kier alpha value is -3.63. The van der Waals surface area contributed by atoms with Crippen molar-refractivity contribution in [1.82, 2.24) is 14.7 Å². The second kappa shape index (κ2) is 14.2. The van der Waals surface area contributed by atoms with Gasteiger partial charge in [-0.05, 0) is 36.2 Å². The number of carbonyl (C=O) groups is 3. The molecule has 0 bridgehead atoms. The molecule has 2 aliphatic heterocycles. The molecule has 0 aromatic heterocycles. The van der Waals surface area contributed by atoms with Crippen LogP contribution in [-0.2, 0) is 19.9 Å². The molecule has 11 heteroatoms. The van der Waals surface area contributed by atoms with Crippen LogP contribution in [-0.4, -0.2) is 96.2 Å². The smallest absolute Gasteiger partial charge is 0.328 e. The molecule has 3 aromatic rings. The molecule has 3 aromatic carbocycles. The highest BCUT2D eigenvalue weighted by molar-refractivity contribution is 6.30. The molecule has 1 unspecified atom stereocenters. The second-order valence-electron chi connectivity index (χ2n) is 10.5. The quantitative estimate of drug-likeness (QED) is 0.268. The second-order valence-corrected chi connectivity index (χ2v) is 10.9. The number of halogens is 2. The Labute approximate surface area is 263 Å². The Balaban J connectivity index is 0.00000423.